The van der Waals surface area contributed by atoms with Gasteiger partial charge in [0.25, 0.3) is 5.91 Å². The van der Waals surface area contributed by atoms with Gasteiger partial charge in [-0.15, -0.1) is 24.9 Å². The van der Waals surface area contributed by atoms with Crippen LogP contribution in [0.25, 0.3) is 0 Å². The number of halogens is 1. The van der Waals surface area contributed by atoms with E-state index in [2.05, 4.69) is 20.1 Å². The van der Waals surface area contributed by atoms with Gasteiger partial charge in [-0.05, 0) is 37.3 Å². The molecule has 3 fully saturated rings. The number of carbonyl (C=O) groups excluding carboxylic acids is 3. The van der Waals surface area contributed by atoms with E-state index in [-0.39, 0.29) is 42.0 Å². The molecule has 39 heavy (non-hydrogen) atoms. The number of fused-ring (bicyclic) bond motifs is 1. The van der Waals surface area contributed by atoms with Gasteiger partial charge in [-0.2, -0.15) is 0 Å². The maximum atomic E-state index is 14.6. The molecule has 3 saturated heterocycles. The molecule has 0 saturated carbocycles. The Balaban J connectivity index is 1.76. The largest absolute Gasteiger partial charge is 0.396 e. The number of unbranched alkanes of at least 4 members (excludes halogenated alkanes) is 3. The Bertz CT molecular complexity index is 1120. The Kier molecular flexibility index (Phi) is 9.50. The molecule has 2 bridgehead atoms. The van der Waals surface area contributed by atoms with Crippen LogP contribution in [0.1, 0.15) is 39.0 Å². The number of hydrogen-bond acceptors (Lipinski definition) is 5. The van der Waals surface area contributed by atoms with E-state index >= 15 is 0 Å². The summed E-state index contributed by atoms with van der Waals surface area (Å²) in [6.45, 7) is 11.0. The van der Waals surface area contributed by atoms with Crippen LogP contribution in [0, 0.1) is 17.8 Å². The van der Waals surface area contributed by atoms with Crippen molar-refractivity contribution in [2.75, 3.05) is 38.2 Å². The number of thioether (sulfide) groups is 1. The number of benzene rings is 1. The van der Waals surface area contributed by atoms with Crippen LogP contribution in [0.3, 0.4) is 0 Å². The Morgan fingerprint density at radius 3 is 2.51 bits per heavy atom. The molecule has 3 aliphatic rings. The highest BCUT2D eigenvalue weighted by Crippen LogP contribution is 2.69. The molecule has 1 aromatic rings. The average molecular weight is 574 g/mol. The standard InChI is InChI=1S/C30H40ClN3O4S/c1-5-15-32(4)27(36)24-23-19-20(3)30(39-23)25(24)28(37)34(17-11-7-8-12-18-35)26(30)29(38)33(16-6-2)22-14-10-9-13-21(22)31/h5-6,9-10,13-14,20,23-26,35H,1-2,7-8,11-12,15-19H2,3-4H3/t20?,23-,24+,25-,26?,30?/m0/s1. The van der Waals surface area contributed by atoms with Gasteiger partial charge >= 0.3 is 0 Å². The maximum Gasteiger partial charge on any atom is 0.251 e. The first-order chi connectivity index (χ1) is 18.7. The number of carbonyl (C=O) groups is 3. The van der Waals surface area contributed by atoms with Crippen molar-refractivity contribution in [1.29, 1.82) is 0 Å². The number of amides is 3. The number of rotatable bonds is 13. The van der Waals surface area contributed by atoms with Gasteiger partial charge in [-0.1, -0.05) is 55.7 Å². The minimum atomic E-state index is -0.712. The Morgan fingerprint density at radius 1 is 1.15 bits per heavy atom. The summed E-state index contributed by atoms with van der Waals surface area (Å²) in [6.07, 6.45) is 7.29. The molecule has 3 aliphatic heterocycles. The fourth-order valence-electron chi connectivity index (χ4n) is 6.86. The van der Waals surface area contributed by atoms with Gasteiger partial charge in [0.15, 0.2) is 0 Å². The average Bonchev–Trinajstić information content (AvgIpc) is 3.50. The van der Waals surface area contributed by atoms with Gasteiger partial charge in [0.1, 0.15) is 6.04 Å². The first kappa shape index (κ1) is 29.7. The number of hydrogen-bond donors (Lipinski definition) is 1. The lowest BCUT2D eigenvalue weighted by Crippen LogP contribution is -2.57. The van der Waals surface area contributed by atoms with E-state index in [1.54, 1.807) is 51.7 Å². The van der Waals surface area contributed by atoms with Gasteiger partial charge in [0, 0.05) is 38.5 Å². The van der Waals surface area contributed by atoms with Crippen LogP contribution in [0.4, 0.5) is 5.69 Å². The molecule has 1 N–H and O–H groups in total. The zero-order chi connectivity index (χ0) is 28.3. The van der Waals surface area contributed by atoms with Crippen molar-refractivity contribution in [3.63, 3.8) is 0 Å². The molecule has 1 spiro atoms. The fraction of sp³-hybridized carbons (Fsp3) is 0.567. The monoisotopic (exact) mass is 573 g/mol. The number of aliphatic hydroxyl groups excluding tert-OH is 1. The summed E-state index contributed by atoms with van der Waals surface area (Å²) < 4.78 is -0.694. The lowest BCUT2D eigenvalue weighted by atomic mass is 9.65. The van der Waals surface area contributed by atoms with Gasteiger partial charge in [-0.25, -0.2) is 0 Å². The van der Waals surface area contributed by atoms with E-state index in [0.29, 0.717) is 30.2 Å². The zero-order valence-corrected chi connectivity index (χ0v) is 24.5. The maximum absolute atomic E-state index is 14.6. The van der Waals surface area contributed by atoms with Crippen molar-refractivity contribution in [3.05, 3.63) is 54.6 Å². The summed E-state index contributed by atoms with van der Waals surface area (Å²) in [7, 11) is 1.75. The van der Waals surface area contributed by atoms with E-state index in [1.165, 1.54) is 0 Å². The lowest BCUT2D eigenvalue weighted by Gasteiger charge is -2.41. The second-order valence-electron chi connectivity index (χ2n) is 10.9. The SMILES string of the molecule is C=CCN(C)C(=O)[C@@H]1[C@@H]2CC(C)C3(S2)C(C(=O)N(CC=C)c2ccccc2Cl)N(CCCCCCO)C(=O)[C@H]13. The van der Waals surface area contributed by atoms with E-state index in [9.17, 15) is 19.5 Å². The van der Waals surface area contributed by atoms with E-state index < -0.39 is 22.6 Å². The number of aliphatic hydroxyl groups is 1. The number of likely N-dealkylation sites (tertiary alicyclic amines) is 1. The van der Waals surface area contributed by atoms with Crippen molar-refractivity contribution >= 4 is 46.8 Å². The molecule has 212 valence electrons. The molecule has 9 heteroatoms. The molecule has 1 aromatic carbocycles. The highest BCUT2D eigenvalue weighted by molar-refractivity contribution is 8.02. The van der Waals surface area contributed by atoms with Gasteiger partial charge in [0.05, 0.1) is 27.3 Å². The molecule has 6 atom stereocenters. The lowest BCUT2D eigenvalue weighted by molar-refractivity contribution is -0.143. The second kappa shape index (κ2) is 12.5. The normalized spacial score (nSPS) is 28.9. The van der Waals surface area contributed by atoms with Crippen LogP contribution >= 0.6 is 23.4 Å². The summed E-state index contributed by atoms with van der Waals surface area (Å²) in [5.74, 6) is -1.27. The van der Waals surface area contributed by atoms with Crippen LogP contribution in [0.2, 0.25) is 5.02 Å². The predicted octanol–water partition coefficient (Wildman–Crippen LogP) is 4.39. The number of likely N-dealkylation sites (N-methyl/N-ethyl adjacent to an activating group) is 1. The summed E-state index contributed by atoms with van der Waals surface area (Å²) in [4.78, 5) is 47.7. The van der Waals surface area contributed by atoms with Crippen molar-refractivity contribution < 1.29 is 19.5 Å². The molecule has 3 heterocycles. The van der Waals surface area contributed by atoms with Crippen LogP contribution in [0.15, 0.2) is 49.6 Å². The third kappa shape index (κ3) is 5.16. The van der Waals surface area contributed by atoms with Crippen LogP contribution in [-0.2, 0) is 14.4 Å². The minimum Gasteiger partial charge on any atom is -0.396 e. The van der Waals surface area contributed by atoms with Gasteiger partial charge < -0.3 is 19.8 Å². The van der Waals surface area contributed by atoms with Gasteiger partial charge in [-0.3, -0.25) is 14.4 Å². The molecule has 3 amide bonds. The topological polar surface area (TPSA) is 81.2 Å². The first-order valence-corrected chi connectivity index (χ1v) is 15.1. The quantitative estimate of drug-likeness (QED) is 0.280. The van der Waals surface area contributed by atoms with E-state index in [0.717, 1.165) is 25.7 Å². The molecule has 3 unspecified atom stereocenters. The number of anilines is 1. The van der Waals surface area contributed by atoms with Crippen molar-refractivity contribution in [1.82, 2.24) is 9.80 Å². The predicted molar refractivity (Wildman–Crippen MR) is 158 cm³/mol. The van der Waals surface area contributed by atoms with E-state index in [1.807, 2.05) is 18.2 Å². The van der Waals surface area contributed by atoms with Gasteiger partial charge in [0.2, 0.25) is 11.8 Å². The summed E-state index contributed by atoms with van der Waals surface area (Å²) in [6, 6.07) is 6.52. The highest BCUT2D eigenvalue weighted by atomic mass is 35.5. The second-order valence-corrected chi connectivity index (χ2v) is 12.9. The minimum absolute atomic E-state index is 0.0103. The zero-order valence-electron chi connectivity index (χ0n) is 22.9. The van der Waals surface area contributed by atoms with Crippen LogP contribution in [-0.4, -0.2) is 82.0 Å². The third-order valence-corrected chi connectivity index (χ3v) is 11.0. The summed E-state index contributed by atoms with van der Waals surface area (Å²) in [5.41, 5.74) is 0.586. The highest BCUT2D eigenvalue weighted by Gasteiger charge is 2.76. The molecule has 0 aliphatic carbocycles. The van der Waals surface area contributed by atoms with Crippen molar-refractivity contribution in [2.24, 2.45) is 17.8 Å². The van der Waals surface area contributed by atoms with Crippen LogP contribution < -0.4 is 4.90 Å². The summed E-state index contributed by atoms with van der Waals surface area (Å²) >= 11 is 8.24. The Labute approximate surface area is 241 Å². The Morgan fingerprint density at radius 2 is 1.85 bits per heavy atom. The smallest absolute Gasteiger partial charge is 0.251 e. The Hall–Kier alpha value is -2.29. The first-order valence-electron chi connectivity index (χ1n) is 13.9. The molecule has 7 nitrogen and oxygen atoms in total. The number of nitrogens with zero attached hydrogens (tertiary/aromatic N) is 3. The molecular weight excluding hydrogens is 534 g/mol. The van der Waals surface area contributed by atoms with E-state index in [4.69, 9.17) is 11.6 Å². The molecule has 0 aromatic heterocycles. The third-order valence-electron chi connectivity index (χ3n) is 8.57. The molecule has 4 rings (SSSR count). The van der Waals surface area contributed by atoms with Crippen LogP contribution in [0.5, 0.6) is 0 Å². The molecular formula is C30H40ClN3O4S. The fourth-order valence-corrected chi connectivity index (χ4v) is 9.51. The van der Waals surface area contributed by atoms with Crippen molar-refractivity contribution in [3.8, 4) is 0 Å². The van der Waals surface area contributed by atoms with Crippen molar-refractivity contribution in [2.45, 2.75) is 55.1 Å². The molecule has 0 radical (unpaired) electrons. The summed E-state index contributed by atoms with van der Waals surface area (Å²) in [5, 5.41) is 9.62. The number of para-hydroxylation sites is 1.